The molecule has 1 aromatic carbocycles. The van der Waals surface area contributed by atoms with Crippen molar-refractivity contribution in [3.05, 3.63) is 51.8 Å². The molecule has 0 N–H and O–H groups in total. The molecule has 0 unspecified atom stereocenters. The molecule has 2 aromatic heterocycles. The Morgan fingerprint density at radius 3 is 1.46 bits per heavy atom. The number of carbonyl (C=O) groups is 4. The summed E-state index contributed by atoms with van der Waals surface area (Å²) in [5.74, 6) is -1.62. The van der Waals surface area contributed by atoms with Gasteiger partial charge in [-0.2, -0.15) is 0 Å². The highest BCUT2D eigenvalue weighted by Crippen LogP contribution is 2.20. The van der Waals surface area contributed by atoms with Crippen LogP contribution < -0.4 is 5.43 Å². The normalized spacial score (nSPS) is 16.5. The van der Waals surface area contributed by atoms with Crippen LogP contribution in [-0.4, -0.2) is 144 Å². The molecule has 1 saturated heterocycles. The van der Waals surface area contributed by atoms with E-state index in [0.29, 0.717) is 70.2 Å². The number of hydrogen-bond donors (Lipinski definition) is 0. The first-order chi connectivity index (χ1) is 26.1. The van der Waals surface area contributed by atoms with Gasteiger partial charge in [0.05, 0.1) is 48.8 Å². The van der Waals surface area contributed by atoms with E-state index in [1.807, 2.05) is 77.0 Å². The highest BCUT2D eigenvalue weighted by atomic mass is 16.6. The van der Waals surface area contributed by atoms with Gasteiger partial charge in [-0.3, -0.25) is 38.8 Å². The molecule has 0 radical (unpaired) electrons. The summed E-state index contributed by atoms with van der Waals surface area (Å²) in [6.45, 7) is 20.9. The zero-order valence-electron chi connectivity index (χ0n) is 34.7. The van der Waals surface area contributed by atoms with Crippen molar-refractivity contribution in [2.24, 2.45) is 0 Å². The highest BCUT2D eigenvalue weighted by molar-refractivity contribution is 5.96. The number of pyridine rings is 1. The molecule has 1 aliphatic heterocycles. The van der Waals surface area contributed by atoms with Gasteiger partial charge in [0.1, 0.15) is 22.4 Å². The topological polar surface area (TPSA) is 161 Å². The molecule has 0 spiro atoms. The van der Waals surface area contributed by atoms with E-state index in [2.05, 4.69) is 4.90 Å². The van der Waals surface area contributed by atoms with Crippen molar-refractivity contribution in [1.29, 1.82) is 0 Å². The maximum atomic E-state index is 13.5. The van der Waals surface area contributed by atoms with Crippen molar-refractivity contribution in [3.63, 3.8) is 0 Å². The molecule has 1 fully saturated rings. The molecule has 0 atom stereocenters. The summed E-state index contributed by atoms with van der Waals surface area (Å²) in [5.41, 5.74) is -0.904. The number of rotatable bonds is 9. The Morgan fingerprint density at radius 2 is 1.05 bits per heavy atom. The van der Waals surface area contributed by atoms with Gasteiger partial charge in [0.15, 0.2) is 0 Å². The zero-order chi connectivity index (χ0) is 41.4. The molecule has 0 amide bonds. The standard InChI is InChI=1S/C41H59N5O10/c1-39(2,3)54-33(47)25-44-17-15-43(24-29-12-13-30-36(50)31-23-28(38(51)52-10)11-14-32(31)53-37(30)42-29)16-18-45(26-34(48)55-40(4,5)6)20-22-46(21-19-44)27-35(49)56-41(7,8)9/h11-14,23H,15-22,24-27H2,1-10H3. The molecular formula is C41H59N5O10. The van der Waals surface area contributed by atoms with E-state index in [4.69, 9.17) is 28.3 Å². The Labute approximate surface area is 329 Å². The first-order valence-corrected chi connectivity index (χ1v) is 19.1. The van der Waals surface area contributed by atoms with Gasteiger partial charge >= 0.3 is 23.9 Å². The molecule has 0 bridgehead atoms. The lowest BCUT2D eigenvalue weighted by Gasteiger charge is -2.34. The van der Waals surface area contributed by atoms with Crippen LogP contribution in [0.2, 0.25) is 0 Å². The summed E-state index contributed by atoms with van der Waals surface area (Å²) in [4.78, 5) is 77.6. The summed E-state index contributed by atoms with van der Waals surface area (Å²) in [6, 6.07) is 8.00. The lowest BCUT2D eigenvalue weighted by atomic mass is 10.1. The van der Waals surface area contributed by atoms with E-state index in [1.54, 1.807) is 18.2 Å². The van der Waals surface area contributed by atoms with Gasteiger partial charge in [-0.25, -0.2) is 9.78 Å². The number of aromatic nitrogens is 1. The van der Waals surface area contributed by atoms with Crippen LogP contribution in [0, 0.1) is 0 Å². The van der Waals surface area contributed by atoms with Crippen molar-refractivity contribution >= 4 is 45.9 Å². The summed E-state index contributed by atoms with van der Waals surface area (Å²) in [7, 11) is 1.28. The maximum Gasteiger partial charge on any atom is 0.337 e. The second-order valence-corrected chi connectivity index (χ2v) is 17.2. The number of ether oxygens (including phenoxy) is 4. The Balaban J connectivity index is 1.63. The third-order valence-corrected chi connectivity index (χ3v) is 8.65. The fraction of sp³-hybridized carbons (Fsp3) is 0.610. The van der Waals surface area contributed by atoms with Crippen LogP contribution in [0.1, 0.15) is 78.4 Å². The molecule has 3 aromatic rings. The van der Waals surface area contributed by atoms with Gasteiger partial charge in [0, 0.05) is 58.9 Å². The predicted octanol–water partition coefficient (Wildman–Crippen LogP) is 3.87. The van der Waals surface area contributed by atoms with Gasteiger partial charge in [-0.05, 0) is 92.6 Å². The smallest absolute Gasteiger partial charge is 0.337 e. The van der Waals surface area contributed by atoms with E-state index in [1.165, 1.54) is 19.2 Å². The number of methoxy groups -OCH3 is 1. The Morgan fingerprint density at radius 1 is 0.625 bits per heavy atom. The summed E-state index contributed by atoms with van der Waals surface area (Å²) in [5, 5.41) is 0.526. The molecule has 0 aliphatic carbocycles. The Hall–Kier alpha value is -4.44. The second kappa shape index (κ2) is 18.7. The number of carbonyl (C=O) groups excluding carboxylic acids is 4. The minimum atomic E-state index is -0.651. The molecule has 56 heavy (non-hydrogen) atoms. The quantitative estimate of drug-likeness (QED) is 0.175. The third kappa shape index (κ3) is 14.3. The number of fused-ring (bicyclic) bond motifs is 2. The number of esters is 4. The number of nitrogens with zero attached hydrogens (tertiary/aromatic N) is 5. The summed E-state index contributed by atoms with van der Waals surface area (Å²) in [6.07, 6.45) is 0. The predicted molar refractivity (Wildman–Crippen MR) is 211 cm³/mol. The SMILES string of the molecule is COC(=O)c1ccc2oc3nc(CN4CCN(CC(=O)OC(C)(C)C)CCN(CC(=O)OC(C)(C)C)CCN(CC(=O)OC(C)(C)C)CC4)ccc3c(=O)c2c1. The lowest BCUT2D eigenvalue weighted by Crippen LogP contribution is -2.49. The van der Waals surface area contributed by atoms with E-state index in [0.717, 1.165) is 0 Å². The van der Waals surface area contributed by atoms with Crippen molar-refractivity contribution in [2.45, 2.75) is 85.7 Å². The van der Waals surface area contributed by atoms with Crippen molar-refractivity contribution in [3.8, 4) is 0 Å². The molecule has 15 nitrogen and oxygen atoms in total. The minimum absolute atomic E-state index is 0.0510. The molecule has 4 rings (SSSR count). The van der Waals surface area contributed by atoms with E-state index >= 15 is 0 Å². The van der Waals surface area contributed by atoms with Gasteiger partial charge < -0.3 is 23.4 Å². The molecule has 3 heterocycles. The van der Waals surface area contributed by atoms with Crippen LogP contribution >= 0.6 is 0 Å². The number of benzene rings is 1. The molecule has 0 saturated carbocycles. The van der Waals surface area contributed by atoms with Crippen LogP contribution in [0.3, 0.4) is 0 Å². The van der Waals surface area contributed by atoms with Crippen molar-refractivity contribution in [2.75, 3.05) is 79.1 Å². The van der Waals surface area contributed by atoms with E-state index in [9.17, 15) is 24.0 Å². The first-order valence-electron chi connectivity index (χ1n) is 19.1. The largest absolute Gasteiger partial charge is 0.465 e. The Bertz CT molecular complexity index is 1880. The van der Waals surface area contributed by atoms with Crippen molar-refractivity contribution < 1.29 is 42.5 Å². The van der Waals surface area contributed by atoms with Gasteiger partial charge in [-0.1, -0.05) is 0 Å². The summed E-state index contributed by atoms with van der Waals surface area (Å²) < 4.78 is 27.9. The van der Waals surface area contributed by atoms with Crippen molar-refractivity contribution in [1.82, 2.24) is 24.6 Å². The van der Waals surface area contributed by atoms with Gasteiger partial charge in [0.2, 0.25) is 11.1 Å². The molecule has 1 aliphatic rings. The average molecular weight is 782 g/mol. The summed E-state index contributed by atoms with van der Waals surface area (Å²) >= 11 is 0. The minimum Gasteiger partial charge on any atom is -0.465 e. The highest BCUT2D eigenvalue weighted by Gasteiger charge is 2.26. The van der Waals surface area contributed by atoms with Crippen LogP contribution in [0.15, 0.2) is 39.5 Å². The van der Waals surface area contributed by atoms with Crippen LogP contribution in [0.4, 0.5) is 0 Å². The van der Waals surface area contributed by atoms with Crippen LogP contribution in [0.25, 0.3) is 22.1 Å². The maximum absolute atomic E-state index is 13.5. The average Bonchev–Trinajstić information content (AvgIpc) is 3.06. The van der Waals surface area contributed by atoms with Crippen LogP contribution in [0.5, 0.6) is 0 Å². The second-order valence-electron chi connectivity index (χ2n) is 17.2. The molecule has 15 heteroatoms. The fourth-order valence-electron chi connectivity index (χ4n) is 6.22. The first kappa shape index (κ1) is 44.3. The molecule has 308 valence electrons. The van der Waals surface area contributed by atoms with Crippen LogP contribution in [-0.2, 0) is 39.9 Å². The van der Waals surface area contributed by atoms with Gasteiger partial charge in [-0.15, -0.1) is 0 Å². The lowest BCUT2D eigenvalue weighted by molar-refractivity contribution is -0.158. The zero-order valence-corrected chi connectivity index (χ0v) is 34.7. The van der Waals surface area contributed by atoms with E-state index < -0.39 is 22.8 Å². The Kier molecular flexibility index (Phi) is 14.8. The monoisotopic (exact) mass is 781 g/mol. The van der Waals surface area contributed by atoms with E-state index in [-0.39, 0.29) is 65.0 Å². The third-order valence-electron chi connectivity index (χ3n) is 8.65. The molecular weight excluding hydrogens is 722 g/mol. The van der Waals surface area contributed by atoms with Gasteiger partial charge in [0.25, 0.3) is 0 Å². The number of hydrogen-bond acceptors (Lipinski definition) is 15. The fourth-order valence-corrected chi connectivity index (χ4v) is 6.22.